The average Bonchev–Trinajstić information content (AvgIpc) is 3.54. The number of hydrogen-bond acceptors (Lipinski definition) is 7. The largest absolute Gasteiger partial charge is 0.459 e. The summed E-state index contributed by atoms with van der Waals surface area (Å²) in [6.07, 6.45) is 1.72. The van der Waals surface area contributed by atoms with Gasteiger partial charge in [-0.05, 0) is 60.7 Å². The lowest BCUT2D eigenvalue weighted by atomic mass is 10.0. The quantitative estimate of drug-likeness (QED) is 0.184. The van der Waals surface area contributed by atoms with Gasteiger partial charge in [0.25, 0.3) is 5.69 Å². The van der Waals surface area contributed by atoms with Crippen molar-refractivity contribution in [3.05, 3.63) is 107 Å². The van der Waals surface area contributed by atoms with Crippen LogP contribution in [0, 0.1) is 10.1 Å². The van der Waals surface area contributed by atoms with Crippen LogP contribution in [0.3, 0.4) is 0 Å². The number of carbonyl (C=O) groups excluding carboxylic acids is 1. The van der Waals surface area contributed by atoms with Crippen molar-refractivity contribution in [2.24, 2.45) is 0 Å². The van der Waals surface area contributed by atoms with Crippen LogP contribution in [-0.2, 0) is 9.53 Å². The Labute approximate surface area is 223 Å². The smallest absolute Gasteiger partial charge is 0.270 e. The summed E-state index contributed by atoms with van der Waals surface area (Å²) in [5, 5.41) is 17.9. The molecule has 2 aromatic carbocycles. The third kappa shape index (κ3) is 5.10. The van der Waals surface area contributed by atoms with Crippen LogP contribution in [0.1, 0.15) is 23.5 Å². The van der Waals surface area contributed by atoms with Crippen molar-refractivity contribution >= 4 is 40.3 Å². The molecule has 1 fully saturated rings. The molecule has 2 N–H and O–H groups in total. The average molecular weight is 530 g/mol. The van der Waals surface area contributed by atoms with E-state index in [1.807, 2.05) is 41.3 Å². The summed E-state index contributed by atoms with van der Waals surface area (Å²) >= 11 is 5.74. The molecule has 2 aromatic heterocycles. The van der Waals surface area contributed by atoms with Gasteiger partial charge in [0.2, 0.25) is 5.91 Å². The highest BCUT2D eigenvalue weighted by Gasteiger charge is 2.42. The number of ether oxygens (including phenoxy) is 1. The Morgan fingerprint density at radius 3 is 2.68 bits per heavy atom. The van der Waals surface area contributed by atoms with Crippen molar-refractivity contribution in [2.75, 3.05) is 23.9 Å². The fraction of sp³-hybridized carbons (Fsp3) is 0.148. The summed E-state index contributed by atoms with van der Waals surface area (Å²) in [6, 6.07) is 22.1. The molecule has 3 heterocycles. The number of amides is 1. The van der Waals surface area contributed by atoms with Gasteiger partial charge in [0.05, 0.1) is 16.7 Å². The third-order valence-electron chi connectivity index (χ3n) is 6.06. The van der Waals surface area contributed by atoms with Crippen LogP contribution in [0.4, 0.5) is 17.1 Å². The minimum atomic E-state index is -0.438. The fourth-order valence-corrected chi connectivity index (χ4v) is 4.74. The molecule has 0 unspecified atom stereocenters. The maximum atomic E-state index is 11.9. The van der Waals surface area contributed by atoms with Crippen LogP contribution in [0.2, 0.25) is 0 Å². The number of nitro groups is 1. The van der Waals surface area contributed by atoms with E-state index in [9.17, 15) is 14.9 Å². The van der Waals surface area contributed by atoms with Crippen LogP contribution in [0.5, 0.6) is 0 Å². The Morgan fingerprint density at radius 2 is 1.97 bits per heavy atom. The van der Waals surface area contributed by atoms with Gasteiger partial charge in [0.15, 0.2) is 5.11 Å². The van der Waals surface area contributed by atoms with Gasteiger partial charge in [-0.2, -0.15) is 0 Å². The highest BCUT2D eigenvalue weighted by molar-refractivity contribution is 7.80. The molecule has 1 aliphatic rings. The van der Waals surface area contributed by atoms with Crippen LogP contribution < -0.4 is 15.5 Å². The lowest BCUT2D eigenvalue weighted by molar-refractivity contribution is -0.384. The summed E-state index contributed by atoms with van der Waals surface area (Å²) in [5.74, 6) is 0.848. The molecule has 0 spiro atoms. The summed E-state index contributed by atoms with van der Waals surface area (Å²) in [7, 11) is 1.46. The number of hydrogen-bond donors (Lipinski definition) is 2. The topological polar surface area (TPSA) is 123 Å². The van der Waals surface area contributed by atoms with E-state index in [0.717, 1.165) is 11.4 Å². The van der Waals surface area contributed by atoms with E-state index in [-0.39, 0.29) is 24.2 Å². The minimum Gasteiger partial charge on any atom is -0.459 e. The maximum Gasteiger partial charge on any atom is 0.270 e. The van der Waals surface area contributed by atoms with E-state index in [4.69, 9.17) is 21.4 Å². The van der Waals surface area contributed by atoms with Crippen molar-refractivity contribution in [1.29, 1.82) is 0 Å². The molecule has 0 radical (unpaired) electrons. The molecule has 192 valence electrons. The van der Waals surface area contributed by atoms with Crippen molar-refractivity contribution < 1.29 is 18.9 Å². The molecule has 1 amide bonds. The molecule has 0 saturated carbocycles. The van der Waals surface area contributed by atoms with E-state index >= 15 is 0 Å². The number of rotatable bonds is 8. The van der Waals surface area contributed by atoms with Gasteiger partial charge in [-0.1, -0.05) is 18.2 Å². The SMILES string of the molecule is COCC(=O)Nc1ccc(N2C(=S)N[C@H](c3ccccn3)[C@H]2c2ccc(-c3cccc([N+](=O)[O-])c3)o2)cc1. The number of pyridine rings is 1. The second-order valence-corrected chi connectivity index (χ2v) is 8.92. The van der Waals surface area contributed by atoms with Crippen molar-refractivity contribution in [2.45, 2.75) is 12.1 Å². The summed E-state index contributed by atoms with van der Waals surface area (Å²) < 4.78 is 11.1. The van der Waals surface area contributed by atoms with Crippen molar-refractivity contribution in [3.63, 3.8) is 0 Å². The number of carbonyl (C=O) groups is 1. The molecule has 0 bridgehead atoms. The zero-order valence-electron chi connectivity index (χ0n) is 20.2. The second kappa shape index (κ2) is 10.8. The van der Waals surface area contributed by atoms with Gasteiger partial charge in [-0.3, -0.25) is 19.9 Å². The number of non-ortho nitro benzene ring substituents is 1. The minimum absolute atomic E-state index is 0.0187. The molecule has 1 saturated heterocycles. The fourth-order valence-electron chi connectivity index (χ4n) is 4.40. The molecule has 1 aliphatic heterocycles. The predicted molar refractivity (Wildman–Crippen MR) is 146 cm³/mol. The number of nitro benzene ring substituents is 1. The van der Waals surface area contributed by atoms with Gasteiger partial charge >= 0.3 is 0 Å². The number of aromatic nitrogens is 1. The highest BCUT2D eigenvalue weighted by atomic mass is 32.1. The standard InChI is InChI=1S/C27H23N5O5S/c1-36-16-24(33)29-18-8-10-19(11-9-18)31-26(25(30-27(31)38)21-7-2-3-14-28-21)23-13-12-22(37-23)17-5-4-6-20(15-17)32(34)35/h2-15,25-26H,16H2,1H3,(H,29,33)(H,30,38)/t25-,26-/m1/s1. The number of anilines is 2. The third-order valence-corrected chi connectivity index (χ3v) is 6.38. The Balaban J connectivity index is 1.51. The van der Waals surface area contributed by atoms with Gasteiger partial charge in [-0.25, -0.2) is 0 Å². The van der Waals surface area contributed by atoms with Crippen molar-refractivity contribution in [3.8, 4) is 11.3 Å². The number of nitrogens with one attached hydrogen (secondary N) is 2. The first-order valence-corrected chi connectivity index (χ1v) is 12.1. The summed E-state index contributed by atoms with van der Waals surface area (Å²) in [5.41, 5.74) is 2.76. The normalized spacial score (nSPS) is 16.8. The number of nitrogens with zero attached hydrogens (tertiary/aromatic N) is 3. The Kier molecular flexibility index (Phi) is 7.11. The van der Waals surface area contributed by atoms with E-state index in [2.05, 4.69) is 15.6 Å². The van der Waals surface area contributed by atoms with E-state index < -0.39 is 11.0 Å². The molecular weight excluding hydrogens is 506 g/mol. The van der Waals surface area contributed by atoms with E-state index in [1.54, 1.807) is 36.5 Å². The Hall–Kier alpha value is -4.61. The zero-order valence-corrected chi connectivity index (χ0v) is 21.1. The molecule has 11 heteroatoms. The highest BCUT2D eigenvalue weighted by Crippen LogP contribution is 2.43. The Bertz CT molecular complexity index is 1470. The van der Waals surface area contributed by atoms with Crippen LogP contribution in [0.25, 0.3) is 11.3 Å². The molecule has 0 aliphatic carbocycles. The number of benzene rings is 2. The van der Waals surface area contributed by atoms with Gasteiger partial charge in [0, 0.05) is 42.4 Å². The first-order chi connectivity index (χ1) is 18.4. The molecule has 5 rings (SSSR count). The molecule has 2 atom stereocenters. The van der Waals surface area contributed by atoms with Gasteiger partial charge in [-0.15, -0.1) is 0 Å². The molecule has 38 heavy (non-hydrogen) atoms. The van der Waals surface area contributed by atoms with Gasteiger partial charge in [0.1, 0.15) is 24.2 Å². The van der Waals surface area contributed by atoms with E-state index in [0.29, 0.717) is 27.9 Å². The monoisotopic (exact) mass is 529 g/mol. The first kappa shape index (κ1) is 25.1. The van der Waals surface area contributed by atoms with E-state index in [1.165, 1.54) is 19.2 Å². The first-order valence-electron chi connectivity index (χ1n) is 11.7. The van der Waals surface area contributed by atoms with Crippen molar-refractivity contribution in [1.82, 2.24) is 10.3 Å². The second-order valence-electron chi connectivity index (χ2n) is 8.53. The zero-order chi connectivity index (χ0) is 26.6. The van der Waals surface area contributed by atoms with Gasteiger partial charge < -0.3 is 24.7 Å². The summed E-state index contributed by atoms with van der Waals surface area (Å²) in [6.45, 7) is -0.0406. The van der Waals surface area contributed by atoms with Crippen LogP contribution in [0.15, 0.2) is 89.5 Å². The maximum absolute atomic E-state index is 11.9. The van der Waals surface area contributed by atoms with Crippen LogP contribution in [-0.4, -0.2) is 34.6 Å². The lowest BCUT2D eigenvalue weighted by Crippen LogP contribution is -2.29. The Morgan fingerprint density at radius 1 is 1.16 bits per heavy atom. The van der Waals surface area contributed by atoms with Crippen LogP contribution >= 0.6 is 12.2 Å². The summed E-state index contributed by atoms with van der Waals surface area (Å²) in [4.78, 5) is 29.2. The molecule has 4 aromatic rings. The lowest BCUT2D eigenvalue weighted by Gasteiger charge is -2.26. The number of thiocarbonyl (C=S) groups is 1. The molecular formula is C27H23N5O5S. The molecule has 10 nitrogen and oxygen atoms in total. The predicted octanol–water partition coefficient (Wildman–Crippen LogP) is 5.01. The number of furan rings is 1. The number of methoxy groups -OCH3 is 1.